The number of nitrogens with zero attached hydrogens (tertiary/aromatic N) is 2. The zero-order chi connectivity index (χ0) is 39.0. The van der Waals surface area contributed by atoms with Gasteiger partial charge in [0.25, 0.3) is 5.91 Å². The number of hydrogen-bond donors (Lipinski definition) is 8. The minimum Gasteiger partial charge on any atom is -0.384 e. The molecule has 4 rings (SSSR count). The van der Waals surface area contributed by atoms with Crippen LogP contribution in [0.5, 0.6) is 0 Å². The largest absolute Gasteiger partial charge is 0.384 e. The number of hydrogen-bond acceptors (Lipinski definition) is 10. The van der Waals surface area contributed by atoms with Gasteiger partial charge in [0.2, 0.25) is 23.5 Å². The summed E-state index contributed by atoms with van der Waals surface area (Å²) in [6, 6.07) is 3.65. The summed E-state index contributed by atoms with van der Waals surface area (Å²) in [5.41, 5.74) is 22.9. The fourth-order valence-electron chi connectivity index (χ4n) is 5.06. The van der Waals surface area contributed by atoms with E-state index in [1.54, 1.807) is 32.0 Å². The molecule has 1 aromatic heterocycles. The Morgan fingerprint density at radius 3 is 2.27 bits per heavy atom. The molecule has 2 aromatic rings. The van der Waals surface area contributed by atoms with Crippen LogP contribution in [0.1, 0.15) is 74.5 Å². The summed E-state index contributed by atoms with van der Waals surface area (Å²) in [6.07, 6.45) is 12.2. The summed E-state index contributed by atoms with van der Waals surface area (Å²) < 4.78 is 0.598. The number of ketones is 1. The van der Waals surface area contributed by atoms with Crippen LogP contribution in [-0.4, -0.2) is 78.1 Å². The maximum atomic E-state index is 12.7. The number of aliphatic imine (C=N–C) groups is 1. The number of carbonyl (C=O) groups is 5. The first-order chi connectivity index (χ1) is 24.6. The molecule has 0 fully saturated rings. The van der Waals surface area contributed by atoms with E-state index in [1.165, 1.54) is 5.57 Å². The van der Waals surface area contributed by atoms with Gasteiger partial charge in [-0.1, -0.05) is 58.9 Å². The van der Waals surface area contributed by atoms with Crippen molar-refractivity contribution >= 4 is 56.9 Å². The summed E-state index contributed by atoms with van der Waals surface area (Å²) in [5, 5.41) is 11.2. The number of guanidine groups is 1. The van der Waals surface area contributed by atoms with Crippen LogP contribution in [0.4, 0.5) is 0 Å². The maximum Gasteiger partial charge on any atom is 0.251 e. The summed E-state index contributed by atoms with van der Waals surface area (Å²) in [5.74, 6) is -1.68. The van der Waals surface area contributed by atoms with Crippen molar-refractivity contribution in [3.05, 3.63) is 64.8 Å². The van der Waals surface area contributed by atoms with Crippen molar-refractivity contribution in [1.82, 2.24) is 26.3 Å². The van der Waals surface area contributed by atoms with Crippen molar-refractivity contribution in [3.63, 3.8) is 0 Å². The standard InChI is InChI=1S/C23H32N6O5S.C9H11N.C4H11N3/c1-11(2)7-15(27-18(31)9-24)22(34)26-10-16(30)23-28-14-6-5-13(8-17(14)35-23)21(33)29-19(12(3)4)20(25)32;1-7-6-10-9-5-3-2-4-8(7)9;1-2-3-7-4(5)6/h5-6,8,11-12,15,19H,7,9-10,24H2,1-4H3,(H2,25,32)(H,26,34)(H,27,31)(H,29,33);2-6,8-10H,1H3;2-3H2,1H3,(H4,5,6,7). The lowest BCUT2D eigenvalue weighted by molar-refractivity contribution is -0.128. The van der Waals surface area contributed by atoms with Gasteiger partial charge in [-0.05, 0) is 61.6 Å². The van der Waals surface area contributed by atoms with Crippen molar-refractivity contribution in [2.24, 2.45) is 45.7 Å². The monoisotopic (exact) mass is 738 g/mol. The molecule has 12 N–H and O–H groups in total. The first-order valence-electron chi connectivity index (χ1n) is 17.2. The number of nitrogens with one attached hydrogen (secondary N) is 4. The van der Waals surface area contributed by atoms with Gasteiger partial charge in [-0.15, -0.1) is 11.3 Å². The van der Waals surface area contributed by atoms with Crippen LogP contribution in [0, 0.1) is 17.8 Å². The Labute approximate surface area is 309 Å². The number of fused-ring (bicyclic) bond motifs is 2. The lowest BCUT2D eigenvalue weighted by atomic mass is 9.92. The molecule has 16 heteroatoms. The minimum absolute atomic E-state index is 0.133. The summed E-state index contributed by atoms with van der Waals surface area (Å²) >= 11 is 1.08. The molecule has 2 aliphatic rings. The number of carbonyl (C=O) groups excluding carboxylic acids is 5. The highest BCUT2D eigenvalue weighted by Crippen LogP contribution is 2.25. The first-order valence-corrected chi connectivity index (χ1v) is 18.0. The Morgan fingerprint density at radius 2 is 1.71 bits per heavy atom. The molecule has 0 spiro atoms. The van der Waals surface area contributed by atoms with Gasteiger partial charge >= 0.3 is 0 Å². The quantitative estimate of drug-likeness (QED) is 0.0788. The number of thiazole rings is 1. The van der Waals surface area contributed by atoms with E-state index in [-0.39, 0.29) is 35.9 Å². The van der Waals surface area contributed by atoms with Gasteiger partial charge in [0.15, 0.2) is 11.0 Å². The lowest BCUT2D eigenvalue weighted by Crippen LogP contribution is -2.49. The highest BCUT2D eigenvalue weighted by molar-refractivity contribution is 7.20. The smallest absolute Gasteiger partial charge is 0.251 e. The second kappa shape index (κ2) is 21.3. The lowest BCUT2D eigenvalue weighted by Gasteiger charge is -2.19. The number of amides is 4. The molecule has 1 aromatic carbocycles. The molecule has 4 amide bonds. The summed E-state index contributed by atoms with van der Waals surface area (Å²) in [6.45, 7) is 11.8. The van der Waals surface area contributed by atoms with E-state index < -0.39 is 41.5 Å². The molecule has 4 atom stereocenters. The fraction of sp³-hybridized carbons (Fsp3) is 0.472. The first kappa shape index (κ1) is 43.1. The van der Waals surface area contributed by atoms with E-state index >= 15 is 0 Å². The minimum atomic E-state index is -0.811. The Bertz CT molecular complexity index is 1680. The molecular formula is C36H54N10O5S. The predicted octanol–water partition coefficient (Wildman–Crippen LogP) is 1.60. The third kappa shape index (κ3) is 13.9. The van der Waals surface area contributed by atoms with Crippen molar-refractivity contribution in [3.8, 4) is 0 Å². The summed E-state index contributed by atoms with van der Waals surface area (Å²) in [4.78, 5) is 69.0. The number of primary amides is 1. The van der Waals surface area contributed by atoms with Gasteiger partial charge in [0.05, 0.1) is 29.3 Å². The van der Waals surface area contributed by atoms with Crippen molar-refractivity contribution in [2.45, 2.75) is 72.5 Å². The molecule has 1 aliphatic carbocycles. The zero-order valence-electron chi connectivity index (χ0n) is 30.8. The van der Waals surface area contributed by atoms with E-state index in [9.17, 15) is 24.0 Å². The average Bonchev–Trinajstić information content (AvgIpc) is 3.71. The maximum absolute atomic E-state index is 12.7. The van der Waals surface area contributed by atoms with E-state index in [0.29, 0.717) is 34.2 Å². The second-order valence-corrected chi connectivity index (χ2v) is 14.1. The van der Waals surface area contributed by atoms with Crippen molar-refractivity contribution in [2.75, 3.05) is 19.6 Å². The highest BCUT2D eigenvalue weighted by atomic mass is 32.1. The van der Waals surface area contributed by atoms with Crippen molar-refractivity contribution in [1.29, 1.82) is 0 Å². The number of nitrogens with two attached hydrogens (primary N) is 4. The molecule has 284 valence electrons. The van der Waals surface area contributed by atoms with Gasteiger partial charge in [0.1, 0.15) is 12.1 Å². The molecule has 1 aliphatic heterocycles. The Hall–Kier alpha value is -5.09. The van der Waals surface area contributed by atoms with Gasteiger partial charge in [-0.3, -0.25) is 29.0 Å². The Balaban J connectivity index is 0.000000444. The number of Topliss-reactive ketones (excluding diaryl/α,β-unsaturated/α-hetero) is 1. The van der Waals surface area contributed by atoms with Crippen LogP contribution in [0.25, 0.3) is 10.2 Å². The van der Waals surface area contributed by atoms with E-state index in [2.05, 4.69) is 68.7 Å². The molecule has 0 saturated heterocycles. The van der Waals surface area contributed by atoms with Crippen LogP contribution in [0.2, 0.25) is 0 Å². The zero-order valence-corrected chi connectivity index (χ0v) is 31.6. The topological polar surface area (TPSA) is 263 Å². The van der Waals surface area contributed by atoms with Gasteiger partial charge < -0.3 is 44.2 Å². The molecule has 52 heavy (non-hydrogen) atoms. The molecule has 2 heterocycles. The van der Waals surface area contributed by atoms with Gasteiger partial charge in [0, 0.05) is 18.0 Å². The summed E-state index contributed by atoms with van der Waals surface area (Å²) in [7, 11) is 0. The molecule has 0 radical (unpaired) electrons. The van der Waals surface area contributed by atoms with Gasteiger partial charge in [-0.2, -0.15) is 0 Å². The van der Waals surface area contributed by atoms with E-state index in [4.69, 9.17) is 22.9 Å². The number of allylic oxidation sites excluding steroid dienone is 2. The normalized spacial score (nSPS) is 16.5. The van der Waals surface area contributed by atoms with E-state index in [1.807, 2.05) is 20.8 Å². The molecule has 0 bridgehead atoms. The third-order valence-electron chi connectivity index (χ3n) is 7.80. The van der Waals surface area contributed by atoms with Crippen LogP contribution < -0.4 is 44.2 Å². The number of benzene rings is 1. The molecular weight excluding hydrogens is 685 g/mol. The van der Waals surface area contributed by atoms with Crippen LogP contribution in [0.3, 0.4) is 0 Å². The second-order valence-electron chi connectivity index (χ2n) is 13.1. The molecule has 0 saturated carbocycles. The Kier molecular flexibility index (Phi) is 17.7. The number of rotatable bonds is 14. The van der Waals surface area contributed by atoms with E-state index in [0.717, 1.165) is 24.3 Å². The predicted molar refractivity (Wildman–Crippen MR) is 206 cm³/mol. The van der Waals surface area contributed by atoms with Gasteiger partial charge in [-0.25, -0.2) is 4.98 Å². The van der Waals surface area contributed by atoms with Crippen LogP contribution >= 0.6 is 11.3 Å². The molecule has 15 nitrogen and oxygen atoms in total. The number of aromatic nitrogens is 1. The highest BCUT2D eigenvalue weighted by Gasteiger charge is 2.25. The molecule has 4 unspecified atom stereocenters. The van der Waals surface area contributed by atoms with Crippen molar-refractivity contribution < 1.29 is 24.0 Å². The van der Waals surface area contributed by atoms with Crippen LogP contribution in [-0.2, 0) is 14.4 Å². The SMILES string of the molecule is CC(C)CC(NC(=O)CN)C(=O)NCC(=O)c1nc2ccc(C(=O)NC(C(N)=O)C(C)C)cc2s1.CC1=CNC2C=CC=CC12.CCCN=C(N)N. The average molecular weight is 739 g/mol. The Morgan fingerprint density at radius 1 is 1.02 bits per heavy atom. The van der Waals surface area contributed by atoms with Crippen LogP contribution in [0.15, 0.2) is 59.3 Å². The fourth-order valence-corrected chi connectivity index (χ4v) is 6.01. The third-order valence-corrected chi connectivity index (χ3v) is 8.86.